The van der Waals surface area contributed by atoms with Crippen molar-refractivity contribution in [2.75, 3.05) is 0 Å². The number of nitrogens with one attached hydrogen (secondary N) is 1. The van der Waals surface area contributed by atoms with Crippen LogP contribution in [0.1, 0.15) is 39.3 Å². The molecular weight excluding hydrogens is 214 g/mol. The first-order valence-electron chi connectivity index (χ1n) is 5.94. The lowest BCUT2D eigenvalue weighted by atomic mass is 9.91. The van der Waals surface area contributed by atoms with Crippen LogP contribution in [0.15, 0.2) is 30.3 Å². The first-order chi connectivity index (χ1) is 7.85. The third kappa shape index (κ3) is 3.30. The number of carbonyl (C=O) groups is 1. The van der Waals surface area contributed by atoms with E-state index in [2.05, 4.69) is 5.32 Å². The summed E-state index contributed by atoms with van der Waals surface area (Å²) >= 11 is 0. The average molecular weight is 235 g/mol. The van der Waals surface area contributed by atoms with Gasteiger partial charge < -0.3 is 10.4 Å². The van der Waals surface area contributed by atoms with Crippen LogP contribution in [0, 0.1) is 5.92 Å². The minimum Gasteiger partial charge on any atom is -0.380 e. The zero-order valence-electron chi connectivity index (χ0n) is 10.9. The van der Waals surface area contributed by atoms with Gasteiger partial charge in [-0.3, -0.25) is 4.79 Å². The summed E-state index contributed by atoms with van der Waals surface area (Å²) < 4.78 is 0. The fourth-order valence-electron chi connectivity index (χ4n) is 1.43. The lowest BCUT2D eigenvalue weighted by Crippen LogP contribution is -2.48. The van der Waals surface area contributed by atoms with Crippen molar-refractivity contribution in [3.63, 3.8) is 0 Å². The van der Waals surface area contributed by atoms with E-state index in [-0.39, 0.29) is 17.9 Å². The van der Waals surface area contributed by atoms with E-state index in [9.17, 15) is 9.90 Å². The fraction of sp³-hybridized carbons (Fsp3) is 0.500. The van der Waals surface area contributed by atoms with Crippen molar-refractivity contribution < 1.29 is 9.90 Å². The van der Waals surface area contributed by atoms with Gasteiger partial charge in [-0.15, -0.1) is 0 Å². The van der Waals surface area contributed by atoms with Crippen molar-refractivity contribution in [3.8, 4) is 0 Å². The zero-order valence-corrected chi connectivity index (χ0v) is 10.9. The van der Waals surface area contributed by atoms with Gasteiger partial charge in [-0.1, -0.05) is 44.2 Å². The molecule has 2 N–H and O–H groups in total. The van der Waals surface area contributed by atoms with Crippen LogP contribution in [0.25, 0.3) is 0 Å². The maximum atomic E-state index is 11.9. The normalized spacial score (nSPS) is 16.4. The van der Waals surface area contributed by atoms with Crippen LogP contribution >= 0.6 is 0 Å². The van der Waals surface area contributed by atoms with E-state index in [1.807, 2.05) is 51.1 Å². The molecule has 0 heterocycles. The molecule has 0 spiro atoms. The second kappa shape index (κ2) is 5.32. The summed E-state index contributed by atoms with van der Waals surface area (Å²) in [5.41, 5.74) is -0.302. The van der Waals surface area contributed by atoms with Crippen LogP contribution in [0.3, 0.4) is 0 Å². The highest BCUT2D eigenvalue weighted by molar-refractivity contribution is 5.85. The highest BCUT2D eigenvalue weighted by Gasteiger charge is 2.34. The molecule has 0 bridgehead atoms. The van der Waals surface area contributed by atoms with E-state index in [1.165, 1.54) is 0 Å². The fourth-order valence-corrected chi connectivity index (χ4v) is 1.43. The Morgan fingerprint density at radius 3 is 2.24 bits per heavy atom. The molecule has 2 unspecified atom stereocenters. The number of rotatable bonds is 4. The van der Waals surface area contributed by atoms with E-state index in [4.69, 9.17) is 0 Å². The van der Waals surface area contributed by atoms with Crippen LogP contribution in [0.5, 0.6) is 0 Å². The number of hydrogen-bond acceptors (Lipinski definition) is 2. The van der Waals surface area contributed by atoms with Gasteiger partial charge in [-0.05, 0) is 25.3 Å². The molecule has 2 atom stereocenters. The summed E-state index contributed by atoms with van der Waals surface area (Å²) in [4.78, 5) is 11.9. The average Bonchev–Trinajstić information content (AvgIpc) is 2.29. The van der Waals surface area contributed by atoms with Crippen molar-refractivity contribution in [3.05, 3.63) is 35.9 Å². The van der Waals surface area contributed by atoms with Gasteiger partial charge in [-0.25, -0.2) is 0 Å². The third-order valence-corrected chi connectivity index (χ3v) is 3.23. The quantitative estimate of drug-likeness (QED) is 0.841. The molecule has 94 valence electrons. The molecular formula is C14H21NO2. The Morgan fingerprint density at radius 2 is 1.76 bits per heavy atom. The highest BCUT2D eigenvalue weighted by atomic mass is 16.3. The molecule has 0 fully saturated rings. The minimum atomic E-state index is -1.33. The predicted octanol–water partition coefficient (Wildman–Crippen LogP) is 2.27. The Labute approximate surface area is 103 Å². The molecule has 0 aromatic heterocycles. The standard InChI is InChI=1S/C14H21NO2/c1-10(2)14(4,17)13(16)15-11(3)12-8-6-5-7-9-12/h5-11,17H,1-4H3,(H,15,16). The second-order valence-electron chi connectivity index (χ2n) is 4.91. The molecule has 0 aliphatic heterocycles. The maximum Gasteiger partial charge on any atom is 0.252 e. The van der Waals surface area contributed by atoms with E-state index in [1.54, 1.807) is 6.92 Å². The number of carbonyl (C=O) groups excluding carboxylic acids is 1. The Kier molecular flexibility index (Phi) is 4.29. The third-order valence-electron chi connectivity index (χ3n) is 3.23. The van der Waals surface area contributed by atoms with Crippen LogP contribution < -0.4 is 5.32 Å². The van der Waals surface area contributed by atoms with Crippen molar-refractivity contribution >= 4 is 5.91 Å². The smallest absolute Gasteiger partial charge is 0.252 e. The summed E-state index contributed by atoms with van der Waals surface area (Å²) in [6, 6.07) is 9.60. The van der Waals surface area contributed by atoms with Crippen molar-refractivity contribution in [1.29, 1.82) is 0 Å². The van der Waals surface area contributed by atoms with Crippen molar-refractivity contribution in [2.45, 2.75) is 39.3 Å². The molecule has 1 aromatic carbocycles. The lowest BCUT2D eigenvalue weighted by Gasteiger charge is -2.28. The lowest BCUT2D eigenvalue weighted by molar-refractivity contribution is -0.143. The molecule has 1 aromatic rings. The van der Waals surface area contributed by atoms with Gasteiger partial charge in [0.25, 0.3) is 5.91 Å². The van der Waals surface area contributed by atoms with Crippen LogP contribution in [0.2, 0.25) is 0 Å². The van der Waals surface area contributed by atoms with Gasteiger partial charge >= 0.3 is 0 Å². The molecule has 3 heteroatoms. The largest absolute Gasteiger partial charge is 0.380 e. The number of amides is 1. The summed E-state index contributed by atoms with van der Waals surface area (Å²) in [5.74, 6) is -0.450. The molecule has 17 heavy (non-hydrogen) atoms. The number of aliphatic hydroxyl groups is 1. The SMILES string of the molecule is CC(NC(=O)C(C)(O)C(C)C)c1ccccc1. The molecule has 0 aliphatic rings. The maximum absolute atomic E-state index is 11.9. The van der Waals surface area contributed by atoms with Crippen molar-refractivity contribution in [1.82, 2.24) is 5.32 Å². The molecule has 0 saturated carbocycles. The highest BCUT2D eigenvalue weighted by Crippen LogP contribution is 2.19. The number of hydrogen-bond donors (Lipinski definition) is 2. The predicted molar refractivity (Wildman–Crippen MR) is 68.5 cm³/mol. The molecule has 0 aliphatic carbocycles. The Balaban J connectivity index is 2.70. The van der Waals surface area contributed by atoms with Crippen LogP contribution in [-0.2, 0) is 4.79 Å². The second-order valence-corrected chi connectivity index (χ2v) is 4.91. The number of benzene rings is 1. The summed E-state index contributed by atoms with van der Waals surface area (Å²) in [5, 5.41) is 12.9. The summed E-state index contributed by atoms with van der Waals surface area (Å²) in [7, 11) is 0. The molecule has 0 saturated heterocycles. The molecule has 1 amide bonds. The summed E-state index contributed by atoms with van der Waals surface area (Å²) in [6.07, 6.45) is 0. The van der Waals surface area contributed by atoms with Gasteiger partial charge in [0.1, 0.15) is 5.60 Å². The van der Waals surface area contributed by atoms with Crippen molar-refractivity contribution in [2.24, 2.45) is 5.92 Å². The molecule has 3 nitrogen and oxygen atoms in total. The van der Waals surface area contributed by atoms with Gasteiger partial charge in [0.2, 0.25) is 0 Å². The molecule has 0 radical (unpaired) electrons. The van der Waals surface area contributed by atoms with E-state index >= 15 is 0 Å². The van der Waals surface area contributed by atoms with Gasteiger partial charge in [-0.2, -0.15) is 0 Å². The van der Waals surface area contributed by atoms with Crippen LogP contribution in [0.4, 0.5) is 0 Å². The minimum absolute atomic E-state index is 0.103. The van der Waals surface area contributed by atoms with E-state index in [0.717, 1.165) is 5.56 Å². The zero-order chi connectivity index (χ0) is 13.1. The monoisotopic (exact) mass is 235 g/mol. The molecule has 1 rings (SSSR count). The Morgan fingerprint density at radius 1 is 1.24 bits per heavy atom. The van der Waals surface area contributed by atoms with Gasteiger partial charge in [0.15, 0.2) is 0 Å². The van der Waals surface area contributed by atoms with Gasteiger partial charge in [0.05, 0.1) is 6.04 Å². The van der Waals surface area contributed by atoms with Gasteiger partial charge in [0, 0.05) is 0 Å². The topological polar surface area (TPSA) is 49.3 Å². The van der Waals surface area contributed by atoms with E-state index < -0.39 is 5.60 Å². The summed E-state index contributed by atoms with van der Waals surface area (Å²) in [6.45, 7) is 7.11. The Bertz CT molecular complexity index is 371. The Hall–Kier alpha value is -1.35. The first-order valence-corrected chi connectivity index (χ1v) is 5.94. The first kappa shape index (κ1) is 13.7. The van der Waals surface area contributed by atoms with Crippen LogP contribution in [-0.4, -0.2) is 16.6 Å². The van der Waals surface area contributed by atoms with E-state index in [0.29, 0.717) is 0 Å².